The van der Waals surface area contributed by atoms with E-state index in [0.29, 0.717) is 0 Å². The Morgan fingerprint density at radius 3 is 2.65 bits per heavy atom. The number of para-hydroxylation sites is 1. The number of alkyl halides is 3. The molecule has 5 nitrogen and oxygen atoms in total. The van der Waals surface area contributed by atoms with Gasteiger partial charge in [-0.1, -0.05) is 23.7 Å². The quantitative estimate of drug-likeness (QED) is 0.625. The first-order chi connectivity index (χ1) is 10.8. The van der Waals surface area contributed by atoms with Gasteiger partial charge in [-0.3, -0.25) is 10.1 Å². The van der Waals surface area contributed by atoms with Gasteiger partial charge >= 0.3 is 6.05 Å². The monoisotopic (exact) mass is 364 g/mol. The molecule has 0 spiro atoms. The summed E-state index contributed by atoms with van der Waals surface area (Å²) in [6.07, 6.45) is 1.24. The summed E-state index contributed by atoms with van der Waals surface area (Å²) in [7, 11) is 0. The second kappa shape index (κ2) is 7.01. The Bertz CT molecular complexity index is 730. The largest absolute Gasteiger partial charge is 0.353 e. The van der Waals surface area contributed by atoms with Crippen LogP contribution in [0.2, 0.25) is 10.3 Å². The zero-order chi connectivity index (χ0) is 17.0. The van der Waals surface area contributed by atoms with Crippen molar-refractivity contribution < 1.29 is 18.0 Å². The molecule has 10 heteroatoms. The average Bonchev–Trinajstić information content (AvgIpc) is 2.51. The van der Waals surface area contributed by atoms with E-state index < -0.39 is 18.6 Å². The molecule has 0 radical (unpaired) electrons. The summed E-state index contributed by atoms with van der Waals surface area (Å²) in [5.74, 6) is -1.07. The molecular weight excluding hydrogens is 356 g/mol. The topological polar surface area (TPSA) is 66.9 Å². The fourth-order valence-electron chi connectivity index (χ4n) is 1.62. The maximum atomic E-state index is 13.0. The maximum Gasteiger partial charge on any atom is 0.353 e. The van der Waals surface area contributed by atoms with Crippen LogP contribution in [-0.2, 0) is 0 Å². The van der Waals surface area contributed by atoms with Gasteiger partial charge in [0, 0.05) is 0 Å². The van der Waals surface area contributed by atoms with Gasteiger partial charge in [0.2, 0.25) is 5.28 Å². The van der Waals surface area contributed by atoms with E-state index in [2.05, 4.69) is 15.3 Å². The highest BCUT2D eigenvalue weighted by Gasteiger charge is 2.32. The minimum absolute atomic E-state index is 0.0872. The van der Waals surface area contributed by atoms with E-state index in [9.17, 15) is 18.0 Å². The van der Waals surface area contributed by atoms with Crippen LogP contribution in [0.25, 0.3) is 0 Å². The third kappa shape index (κ3) is 4.46. The molecule has 0 saturated heterocycles. The molecule has 0 aliphatic heterocycles. The number of nitrogens with one attached hydrogen (secondary N) is 2. The number of aromatic nitrogens is 2. The van der Waals surface area contributed by atoms with Gasteiger partial charge in [0.05, 0.1) is 17.4 Å². The first-order valence-corrected chi connectivity index (χ1v) is 6.88. The van der Waals surface area contributed by atoms with E-state index in [0.717, 1.165) is 0 Å². The van der Waals surface area contributed by atoms with Gasteiger partial charge in [-0.15, -0.1) is 0 Å². The van der Waals surface area contributed by atoms with Gasteiger partial charge in [0.15, 0.2) is 12.5 Å². The number of carbonyl (C=O) groups is 1. The van der Waals surface area contributed by atoms with E-state index in [1.807, 2.05) is 0 Å². The molecule has 0 atom stereocenters. The van der Waals surface area contributed by atoms with Gasteiger partial charge in [-0.05, 0) is 23.7 Å². The Labute approximate surface area is 138 Å². The minimum Gasteiger partial charge on any atom is -0.338 e. The van der Waals surface area contributed by atoms with Crippen molar-refractivity contribution in [2.24, 2.45) is 0 Å². The lowest BCUT2D eigenvalue weighted by molar-refractivity contribution is -0.0467. The molecule has 0 aliphatic rings. The summed E-state index contributed by atoms with van der Waals surface area (Å²) in [5, 5.41) is 4.01. The average molecular weight is 365 g/mol. The number of benzene rings is 1. The van der Waals surface area contributed by atoms with E-state index in [1.165, 1.54) is 29.7 Å². The third-order valence-corrected chi connectivity index (χ3v) is 3.06. The van der Waals surface area contributed by atoms with Crippen molar-refractivity contribution in [3.05, 3.63) is 46.3 Å². The van der Waals surface area contributed by atoms with E-state index >= 15 is 0 Å². The van der Waals surface area contributed by atoms with Gasteiger partial charge in [-0.2, -0.15) is 13.8 Å². The van der Waals surface area contributed by atoms with Gasteiger partial charge in [-0.25, -0.2) is 9.37 Å². The van der Waals surface area contributed by atoms with Crippen molar-refractivity contribution in [3.63, 3.8) is 0 Å². The van der Waals surface area contributed by atoms with Crippen molar-refractivity contribution in [1.29, 1.82) is 0 Å². The predicted octanol–water partition coefficient (Wildman–Crippen LogP) is 3.82. The van der Waals surface area contributed by atoms with E-state index in [-0.39, 0.29) is 27.4 Å². The normalized spacial score (nSPS) is 11.2. The summed E-state index contributed by atoms with van der Waals surface area (Å²) >= 11 is 11.5. The lowest BCUT2D eigenvalue weighted by Crippen LogP contribution is -2.42. The van der Waals surface area contributed by atoms with Crippen molar-refractivity contribution in [3.8, 4) is 0 Å². The Hall–Kier alpha value is -2.06. The van der Waals surface area contributed by atoms with Crippen molar-refractivity contribution >= 4 is 40.6 Å². The van der Waals surface area contributed by atoms with Gasteiger partial charge in [0.25, 0.3) is 5.91 Å². The highest BCUT2D eigenvalue weighted by Crippen LogP contribution is 2.26. The van der Waals surface area contributed by atoms with Crippen LogP contribution in [0.15, 0.2) is 30.5 Å². The molecule has 1 aromatic heterocycles. The molecule has 0 saturated carbocycles. The molecule has 0 aliphatic carbocycles. The summed E-state index contributed by atoms with van der Waals surface area (Å²) in [5.41, 5.74) is -0.0113. The summed E-state index contributed by atoms with van der Waals surface area (Å²) < 4.78 is 38.1. The number of amides is 1. The summed E-state index contributed by atoms with van der Waals surface area (Å²) in [6.45, 7) is -2.01. The summed E-state index contributed by atoms with van der Waals surface area (Å²) in [6, 6.07) is 1.78. The van der Waals surface area contributed by atoms with Crippen LogP contribution >= 0.6 is 23.2 Å². The van der Waals surface area contributed by atoms with Crippen LogP contribution in [0.5, 0.6) is 0 Å². The Kier molecular flexibility index (Phi) is 5.27. The lowest BCUT2D eigenvalue weighted by Gasteiger charge is -2.16. The molecule has 122 valence electrons. The molecule has 2 aromatic rings. The van der Waals surface area contributed by atoms with Crippen LogP contribution in [0, 0.1) is 0 Å². The first-order valence-electron chi connectivity index (χ1n) is 6.13. The molecule has 2 N–H and O–H groups in total. The van der Waals surface area contributed by atoms with Crippen LogP contribution in [0.4, 0.5) is 24.7 Å². The van der Waals surface area contributed by atoms with Crippen LogP contribution in [0.1, 0.15) is 10.4 Å². The highest BCUT2D eigenvalue weighted by molar-refractivity contribution is 6.33. The number of nitrogens with zero attached hydrogens (tertiary/aromatic N) is 2. The standard InChI is InChI=1S/C13H9Cl2F3N4O/c14-8-5-19-12(15)21-10(8)20-9-4-2-1-3-7(9)11(23)22-13(17,18)6-16/h1-5H,6H2,(H,22,23)(H,19,20,21). The van der Waals surface area contributed by atoms with Crippen LogP contribution < -0.4 is 10.6 Å². The second-order valence-corrected chi connectivity index (χ2v) is 5.04. The van der Waals surface area contributed by atoms with Crippen molar-refractivity contribution in [2.45, 2.75) is 6.05 Å². The fraction of sp³-hybridized carbons (Fsp3) is 0.154. The number of halogens is 5. The number of hydrogen-bond donors (Lipinski definition) is 2. The zero-order valence-corrected chi connectivity index (χ0v) is 12.8. The molecule has 23 heavy (non-hydrogen) atoms. The van der Waals surface area contributed by atoms with Gasteiger partial charge < -0.3 is 5.32 Å². The number of anilines is 2. The molecule has 2 rings (SSSR count). The van der Waals surface area contributed by atoms with Crippen molar-refractivity contribution in [1.82, 2.24) is 15.3 Å². The summed E-state index contributed by atoms with van der Waals surface area (Å²) in [4.78, 5) is 19.4. The molecule has 0 fully saturated rings. The molecule has 1 amide bonds. The number of rotatable bonds is 5. The molecule has 1 heterocycles. The van der Waals surface area contributed by atoms with Gasteiger partial charge in [0.1, 0.15) is 5.02 Å². The number of hydrogen-bond acceptors (Lipinski definition) is 4. The Morgan fingerprint density at radius 2 is 1.96 bits per heavy atom. The molecule has 1 aromatic carbocycles. The zero-order valence-electron chi connectivity index (χ0n) is 11.3. The molecular formula is C13H9Cl2F3N4O. The molecule has 0 bridgehead atoms. The van der Waals surface area contributed by atoms with E-state index in [1.54, 1.807) is 6.07 Å². The minimum atomic E-state index is -3.96. The van der Waals surface area contributed by atoms with E-state index in [4.69, 9.17) is 23.2 Å². The predicted molar refractivity (Wildman–Crippen MR) is 80.2 cm³/mol. The maximum absolute atomic E-state index is 13.0. The second-order valence-electron chi connectivity index (χ2n) is 4.30. The smallest absolute Gasteiger partial charge is 0.338 e. The highest BCUT2D eigenvalue weighted by atomic mass is 35.5. The van der Waals surface area contributed by atoms with Crippen molar-refractivity contribution in [2.75, 3.05) is 12.0 Å². The van der Waals surface area contributed by atoms with Crippen LogP contribution in [-0.4, -0.2) is 28.6 Å². The SMILES string of the molecule is O=C(NC(F)(F)CF)c1ccccc1Nc1nc(Cl)ncc1Cl. The Morgan fingerprint density at radius 1 is 1.26 bits per heavy atom. The number of carbonyl (C=O) groups excluding carboxylic acids is 1. The Balaban J connectivity index is 2.31. The fourth-order valence-corrected chi connectivity index (χ4v) is 1.89. The first kappa shape index (κ1) is 17.3. The molecule has 0 unspecified atom stereocenters. The third-order valence-electron chi connectivity index (χ3n) is 2.60. The lowest BCUT2D eigenvalue weighted by atomic mass is 10.1. The van der Waals surface area contributed by atoms with Crippen LogP contribution in [0.3, 0.4) is 0 Å².